The third kappa shape index (κ3) is 3.93. The van der Waals surface area contributed by atoms with Gasteiger partial charge in [-0.25, -0.2) is 0 Å². The van der Waals surface area contributed by atoms with Crippen molar-refractivity contribution in [2.24, 2.45) is 14.1 Å². The Balaban J connectivity index is 1.49. The Kier molecular flexibility index (Phi) is 5.30. The number of nitrogens with zero attached hydrogens (tertiary/aromatic N) is 5. The fourth-order valence-electron chi connectivity index (χ4n) is 3.19. The van der Waals surface area contributed by atoms with Gasteiger partial charge >= 0.3 is 0 Å². The molecule has 30 heavy (non-hydrogen) atoms. The highest BCUT2D eigenvalue weighted by atomic mass is 16.5. The van der Waals surface area contributed by atoms with Crippen molar-refractivity contribution in [3.05, 3.63) is 72.3 Å². The number of amides is 1. The van der Waals surface area contributed by atoms with Gasteiger partial charge in [0.05, 0.1) is 30.7 Å². The zero-order valence-corrected chi connectivity index (χ0v) is 17.0. The Morgan fingerprint density at radius 3 is 2.53 bits per heavy atom. The zero-order chi connectivity index (χ0) is 21.1. The van der Waals surface area contributed by atoms with Gasteiger partial charge < -0.3 is 10.1 Å². The number of carbonyl (C=O) groups excluding carboxylic acids is 1. The second kappa shape index (κ2) is 8.20. The monoisotopic (exact) mass is 402 g/mol. The number of hydrogen-bond acceptors (Lipinski definition) is 5. The topological polar surface area (TPSA) is 86.9 Å². The van der Waals surface area contributed by atoms with Crippen LogP contribution in [-0.2, 0) is 20.6 Å². The Labute approximate surface area is 174 Å². The third-order valence-electron chi connectivity index (χ3n) is 4.84. The first-order valence-electron chi connectivity index (χ1n) is 9.45. The van der Waals surface area contributed by atoms with Crippen molar-refractivity contribution < 1.29 is 9.53 Å². The number of hydrogen-bond donors (Lipinski definition) is 1. The van der Waals surface area contributed by atoms with E-state index < -0.39 is 0 Å². The van der Waals surface area contributed by atoms with Gasteiger partial charge in [-0.3, -0.25) is 19.1 Å². The van der Waals surface area contributed by atoms with Gasteiger partial charge in [-0.05, 0) is 36.4 Å². The minimum Gasteiger partial charge on any atom is -0.497 e. The average molecular weight is 402 g/mol. The fraction of sp³-hybridized carbons (Fsp3) is 0.182. The predicted octanol–water partition coefficient (Wildman–Crippen LogP) is 2.82. The highest BCUT2D eigenvalue weighted by Crippen LogP contribution is 2.23. The van der Waals surface area contributed by atoms with Crippen molar-refractivity contribution in [1.29, 1.82) is 0 Å². The molecule has 0 aliphatic rings. The maximum absolute atomic E-state index is 12.8. The van der Waals surface area contributed by atoms with E-state index >= 15 is 0 Å². The highest BCUT2D eigenvalue weighted by Gasteiger charge is 2.16. The molecule has 1 aromatic carbocycles. The van der Waals surface area contributed by atoms with Gasteiger partial charge in [-0.1, -0.05) is 12.1 Å². The highest BCUT2D eigenvalue weighted by molar-refractivity contribution is 5.93. The van der Waals surface area contributed by atoms with Crippen molar-refractivity contribution >= 4 is 5.91 Å². The molecule has 4 aromatic rings. The van der Waals surface area contributed by atoms with E-state index in [4.69, 9.17) is 4.74 Å². The van der Waals surface area contributed by atoms with Crippen molar-refractivity contribution in [1.82, 2.24) is 29.9 Å². The first-order valence-corrected chi connectivity index (χ1v) is 9.45. The molecule has 0 atom stereocenters. The van der Waals surface area contributed by atoms with Gasteiger partial charge in [0.25, 0.3) is 5.91 Å². The molecule has 0 spiro atoms. The standard InChI is InChI=1S/C22H22N6O2/c1-27-17(11-19(25-27)16-7-5-9-23-13-16)14-24-22(29)21-12-20(26-28(21)2)15-6-4-8-18(10-15)30-3/h4-13H,14H2,1-3H3,(H,24,29). The van der Waals surface area contributed by atoms with E-state index in [1.54, 1.807) is 42.0 Å². The molecule has 1 amide bonds. The Morgan fingerprint density at radius 2 is 1.77 bits per heavy atom. The predicted molar refractivity (Wildman–Crippen MR) is 113 cm³/mol. The lowest BCUT2D eigenvalue weighted by atomic mass is 10.1. The van der Waals surface area contributed by atoms with E-state index in [-0.39, 0.29) is 5.91 Å². The minimum atomic E-state index is -0.205. The molecule has 0 aliphatic heterocycles. The van der Waals surface area contributed by atoms with Crippen LogP contribution in [0.1, 0.15) is 16.2 Å². The zero-order valence-electron chi connectivity index (χ0n) is 17.0. The molecule has 3 heterocycles. The molecule has 0 unspecified atom stereocenters. The quantitative estimate of drug-likeness (QED) is 0.536. The Hall–Kier alpha value is -3.94. The second-order valence-corrected chi connectivity index (χ2v) is 6.84. The second-order valence-electron chi connectivity index (χ2n) is 6.84. The molecule has 0 bridgehead atoms. The molecule has 0 saturated heterocycles. The SMILES string of the molecule is COc1cccc(-c2cc(C(=O)NCc3cc(-c4cccnc4)nn3C)n(C)n2)c1. The lowest BCUT2D eigenvalue weighted by molar-refractivity contribution is 0.0940. The summed E-state index contributed by atoms with van der Waals surface area (Å²) in [6.45, 7) is 0.349. The average Bonchev–Trinajstić information content (AvgIpc) is 3.35. The molecule has 8 nitrogen and oxygen atoms in total. The molecule has 8 heteroatoms. The van der Waals surface area contributed by atoms with E-state index in [1.807, 2.05) is 49.5 Å². The molecule has 4 rings (SSSR count). The number of ether oxygens (including phenoxy) is 1. The van der Waals surface area contributed by atoms with Crippen molar-refractivity contribution in [3.63, 3.8) is 0 Å². The van der Waals surface area contributed by atoms with E-state index in [2.05, 4.69) is 20.5 Å². The van der Waals surface area contributed by atoms with Gasteiger partial charge in [0.15, 0.2) is 0 Å². The van der Waals surface area contributed by atoms with Crippen LogP contribution < -0.4 is 10.1 Å². The third-order valence-corrected chi connectivity index (χ3v) is 4.84. The first kappa shape index (κ1) is 19.4. The number of rotatable bonds is 6. The van der Waals surface area contributed by atoms with Crippen LogP contribution in [0, 0.1) is 0 Å². The minimum absolute atomic E-state index is 0.205. The summed E-state index contributed by atoms with van der Waals surface area (Å²) >= 11 is 0. The lowest BCUT2D eigenvalue weighted by Gasteiger charge is -2.05. The summed E-state index contributed by atoms with van der Waals surface area (Å²) < 4.78 is 8.60. The smallest absolute Gasteiger partial charge is 0.269 e. The van der Waals surface area contributed by atoms with Crippen LogP contribution in [0.25, 0.3) is 22.5 Å². The number of pyridine rings is 1. The molecule has 0 aliphatic carbocycles. The largest absolute Gasteiger partial charge is 0.497 e. The summed E-state index contributed by atoms with van der Waals surface area (Å²) in [5.74, 6) is 0.535. The van der Waals surface area contributed by atoms with E-state index in [1.165, 1.54) is 0 Å². The maximum atomic E-state index is 12.8. The number of aromatic nitrogens is 5. The van der Waals surface area contributed by atoms with E-state index in [0.29, 0.717) is 17.9 Å². The lowest BCUT2D eigenvalue weighted by Crippen LogP contribution is -2.26. The molecule has 0 radical (unpaired) electrons. The number of methoxy groups -OCH3 is 1. The summed E-state index contributed by atoms with van der Waals surface area (Å²) in [6, 6.07) is 15.1. The molecular formula is C22H22N6O2. The van der Waals surface area contributed by atoms with Gasteiger partial charge in [-0.2, -0.15) is 10.2 Å². The molecule has 3 aromatic heterocycles. The maximum Gasteiger partial charge on any atom is 0.269 e. The summed E-state index contributed by atoms with van der Waals surface area (Å²) in [5.41, 5.74) is 4.70. The first-order chi connectivity index (χ1) is 14.5. The molecule has 0 saturated carbocycles. The fourth-order valence-corrected chi connectivity index (χ4v) is 3.19. The van der Waals surface area contributed by atoms with Crippen LogP contribution in [0.15, 0.2) is 60.9 Å². The van der Waals surface area contributed by atoms with Crippen LogP contribution in [0.5, 0.6) is 5.75 Å². The molecule has 0 fully saturated rings. The van der Waals surface area contributed by atoms with Crippen LogP contribution >= 0.6 is 0 Å². The summed E-state index contributed by atoms with van der Waals surface area (Å²) in [6.07, 6.45) is 3.49. The van der Waals surface area contributed by atoms with Gasteiger partial charge in [0.2, 0.25) is 0 Å². The summed E-state index contributed by atoms with van der Waals surface area (Å²) in [4.78, 5) is 16.9. The van der Waals surface area contributed by atoms with Crippen molar-refractivity contribution in [3.8, 4) is 28.3 Å². The van der Waals surface area contributed by atoms with Crippen LogP contribution in [0.4, 0.5) is 0 Å². The normalized spacial score (nSPS) is 10.8. The molecular weight excluding hydrogens is 380 g/mol. The van der Waals surface area contributed by atoms with Crippen LogP contribution in [-0.4, -0.2) is 37.6 Å². The van der Waals surface area contributed by atoms with E-state index in [0.717, 1.165) is 28.3 Å². The van der Waals surface area contributed by atoms with Crippen LogP contribution in [0.3, 0.4) is 0 Å². The summed E-state index contributed by atoms with van der Waals surface area (Å²) in [7, 11) is 5.23. The Morgan fingerprint density at radius 1 is 1.00 bits per heavy atom. The number of benzene rings is 1. The van der Waals surface area contributed by atoms with Gasteiger partial charge in [0.1, 0.15) is 11.4 Å². The number of nitrogens with one attached hydrogen (secondary N) is 1. The number of aryl methyl sites for hydroxylation is 2. The molecule has 1 N–H and O–H groups in total. The van der Waals surface area contributed by atoms with Crippen molar-refractivity contribution in [2.75, 3.05) is 7.11 Å². The van der Waals surface area contributed by atoms with Crippen molar-refractivity contribution in [2.45, 2.75) is 6.54 Å². The van der Waals surface area contributed by atoms with E-state index in [9.17, 15) is 4.79 Å². The van der Waals surface area contributed by atoms with Crippen LogP contribution in [0.2, 0.25) is 0 Å². The summed E-state index contributed by atoms with van der Waals surface area (Å²) in [5, 5.41) is 11.9. The Bertz CT molecular complexity index is 1180. The number of carbonyl (C=O) groups is 1. The molecule has 152 valence electrons. The van der Waals surface area contributed by atoms with Gasteiger partial charge in [-0.15, -0.1) is 0 Å². The van der Waals surface area contributed by atoms with Gasteiger partial charge in [0, 0.05) is 37.6 Å².